The summed E-state index contributed by atoms with van der Waals surface area (Å²) in [5.74, 6) is -2.96. The van der Waals surface area contributed by atoms with Gasteiger partial charge >= 0.3 is 11.9 Å². The van der Waals surface area contributed by atoms with Gasteiger partial charge in [-0.15, -0.1) is 0 Å². The highest BCUT2D eigenvalue weighted by molar-refractivity contribution is 8.18. The molecular formula is C16H12N2O6S. The third kappa shape index (κ3) is 3.26. The number of fused-ring (bicyclic) bond motifs is 1. The standard InChI is InChI=1S/C16H12N2O6S/c19-13(20)7-17-6-9(10-3-1-2-4-11(10)17)5-12-15(23)18(8-14(21)22)16(24)25-12/h1-6H,7-8H2,(H,19,20)(H,21,22)/b12-5+. The van der Waals surface area contributed by atoms with Gasteiger partial charge in [0.25, 0.3) is 11.1 Å². The number of rotatable bonds is 5. The number of carbonyl (C=O) groups is 4. The molecule has 25 heavy (non-hydrogen) atoms. The second-order valence-corrected chi connectivity index (χ2v) is 6.28. The average Bonchev–Trinajstić information content (AvgIpc) is 3.00. The summed E-state index contributed by atoms with van der Waals surface area (Å²) in [6, 6.07) is 7.08. The zero-order chi connectivity index (χ0) is 18.1. The normalized spacial score (nSPS) is 16.2. The van der Waals surface area contributed by atoms with E-state index in [9.17, 15) is 19.2 Å². The lowest BCUT2D eigenvalue weighted by Gasteiger charge is -2.07. The molecule has 2 N–H and O–H groups in total. The average molecular weight is 360 g/mol. The molecule has 2 amide bonds. The van der Waals surface area contributed by atoms with Crippen LogP contribution in [0.4, 0.5) is 4.79 Å². The molecule has 1 saturated heterocycles. The van der Waals surface area contributed by atoms with E-state index < -0.39 is 29.6 Å². The molecule has 2 heterocycles. The van der Waals surface area contributed by atoms with Crippen LogP contribution in [0.2, 0.25) is 0 Å². The predicted molar refractivity (Wildman–Crippen MR) is 89.9 cm³/mol. The van der Waals surface area contributed by atoms with Crippen LogP contribution < -0.4 is 0 Å². The van der Waals surface area contributed by atoms with E-state index in [4.69, 9.17) is 10.2 Å². The number of para-hydroxylation sites is 1. The number of nitrogens with zero attached hydrogens (tertiary/aromatic N) is 2. The number of aromatic nitrogens is 1. The van der Waals surface area contributed by atoms with E-state index in [-0.39, 0.29) is 11.4 Å². The topological polar surface area (TPSA) is 117 Å². The Morgan fingerprint density at radius 1 is 1.08 bits per heavy atom. The Bertz CT molecular complexity index is 945. The Balaban J connectivity index is 2.01. The molecule has 1 aliphatic rings. The summed E-state index contributed by atoms with van der Waals surface area (Å²) < 4.78 is 1.53. The molecule has 3 rings (SSSR count). The van der Waals surface area contributed by atoms with Gasteiger partial charge in [-0.25, -0.2) is 0 Å². The molecular weight excluding hydrogens is 348 g/mol. The van der Waals surface area contributed by atoms with Crippen LogP contribution in [0.3, 0.4) is 0 Å². The minimum Gasteiger partial charge on any atom is -0.480 e. The fourth-order valence-corrected chi connectivity index (χ4v) is 3.41. The number of carboxylic acids is 2. The molecule has 1 fully saturated rings. The van der Waals surface area contributed by atoms with E-state index in [1.807, 2.05) is 0 Å². The summed E-state index contributed by atoms with van der Waals surface area (Å²) in [6.07, 6.45) is 3.07. The molecule has 2 aromatic rings. The maximum atomic E-state index is 12.2. The van der Waals surface area contributed by atoms with Gasteiger partial charge in [-0.3, -0.25) is 24.1 Å². The molecule has 8 nitrogen and oxygen atoms in total. The lowest BCUT2D eigenvalue weighted by atomic mass is 10.1. The third-order valence-electron chi connectivity index (χ3n) is 3.58. The van der Waals surface area contributed by atoms with E-state index in [1.54, 1.807) is 30.5 Å². The van der Waals surface area contributed by atoms with E-state index in [2.05, 4.69) is 0 Å². The molecule has 1 aromatic heterocycles. The van der Waals surface area contributed by atoms with Crippen LogP contribution in [-0.4, -0.2) is 49.3 Å². The van der Waals surface area contributed by atoms with Crippen LogP contribution in [0.5, 0.6) is 0 Å². The van der Waals surface area contributed by atoms with Gasteiger partial charge in [0.1, 0.15) is 13.1 Å². The molecule has 0 atom stereocenters. The Morgan fingerprint density at radius 2 is 1.76 bits per heavy atom. The van der Waals surface area contributed by atoms with Crippen LogP contribution in [0.25, 0.3) is 17.0 Å². The van der Waals surface area contributed by atoms with Gasteiger partial charge in [-0.05, 0) is 23.9 Å². The minimum absolute atomic E-state index is 0.101. The zero-order valence-electron chi connectivity index (χ0n) is 12.7. The highest BCUT2D eigenvalue weighted by Gasteiger charge is 2.36. The number of hydrogen-bond donors (Lipinski definition) is 2. The summed E-state index contributed by atoms with van der Waals surface area (Å²) >= 11 is 0.660. The summed E-state index contributed by atoms with van der Waals surface area (Å²) in [5, 5.41) is 17.9. The van der Waals surface area contributed by atoms with E-state index in [0.29, 0.717) is 27.7 Å². The molecule has 1 aliphatic heterocycles. The lowest BCUT2D eigenvalue weighted by Crippen LogP contribution is -2.33. The van der Waals surface area contributed by atoms with Crippen molar-refractivity contribution in [2.75, 3.05) is 6.54 Å². The van der Waals surface area contributed by atoms with Gasteiger partial charge in [0.15, 0.2) is 0 Å². The van der Waals surface area contributed by atoms with Crippen molar-refractivity contribution in [3.63, 3.8) is 0 Å². The zero-order valence-corrected chi connectivity index (χ0v) is 13.5. The summed E-state index contributed by atoms with van der Waals surface area (Å²) in [4.78, 5) is 46.6. The first-order valence-corrected chi connectivity index (χ1v) is 7.95. The Hall–Kier alpha value is -3.07. The molecule has 9 heteroatoms. The Kier molecular flexibility index (Phi) is 4.32. The van der Waals surface area contributed by atoms with Crippen LogP contribution >= 0.6 is 11.8 Å². The van der Waals surface area contributed by atoms with Crippen molar-refractivity contribution in [2.24, 2.45) is 0 Å². The van der Waals surface area contributed by atoms with Gasteiger partial charge in [0, 0.05) is 22.7 Å². The molecule has 0 saturated carbocycles. The highest BCUT2D eigenvalue weighted by Crippen LogP contribution is 2.33. The molecule has 0 unspecified atom stereocenters. The first-order chi connectivity index (χ1) is 11.9. The van der Waals surface area contributed by atoms with E-state index in [0.717, 1.165) is 5.39 Å². The summed E-state index contributed by atoms with van der Waals surface area (Å²) in [5.41, 5.74) is 1.26. The predicted octanol–water partition coefficient (Wildman–Crippen LogP) is 1.85. The molecule has 0 aliphatic carbocycles. The van der Waals surface area contributed by atoms with Gasteiger partial charge < -0.3 is 14.8 Å². The molecule has 0 radical (unpaired) electrons. The molecule has 1 aromatic carbocycles. The van der Waals surface area contributed by atoms with Gasteiger partial charge in [-0.1, -0.05) is 18.2 Å². The van der Waals surface area contributed by atoms with Crippen LogP contribution in [0.1, 0.15) is 5.56 Å². The van der Waals surface area contributed by atoms with Crippen molar-refractivity contribution in [1.29, 1.82) is 0 Å². The Labute approximate surface area is 145 Å². The van der Waals surface area contributed by atoms with E-state index in [1.165, 1.54) is 10.6 Å². The van der Waals surface area contributed by atoms with Crippen LogP contribution in [0, 0.1) is 0 Å². The van der Waals surface area contributed by atoms with E-state index >= 15 is 0 Å². The maximum Gasteiger partial charge on any atom is 0.323 e. The number of aliphatic carboxylic acids is 2. The SMILES string of the molecule is O=C(O)CN1C(=O)S/C(=C/c2cn(CC(=O)O)c3ccccc23)C1=O. The van der Waals surface area contributed by atoms with Crippen molar-refractivity contribution in [3.8, 4) is 0 Å². The number of benzene rings is 1. The Morgan fingerprint density at radius 3 is 2.44 bits per heavy atom. The second-order valence-electron chi connectivity index (χ2n) is 5.28. The van der Waals surface area contributed by atoms with Crippen molar-refractivity contribution < 1.29 is 29.4 Å². The van der Waals surface area contributed by atoms with Crippen LogP contribution in [-0.2, 0) is 20.9 Å². The largest absolute Gasteiger partial charge is 0.480 e. The highest BCUT2D eigenvalue weighted by atomic mass is 32.2. The number of carboxylic acid groups (broad SMARTS) is 2. The smallest absolute Gasteiger partial charge is 0.323 e. The number of imide groups is 1. The molecule has 128 valence electrons. The summed E-state index contributed by atoms with van der Waals surface area (Å²) in [6.45, 7) is -0.933. The van der Waals surface area contributed by atoms with Gasteiger partial charge in [0.2, 0.25) is 0 Å². The first-order valence-electron chi connectivity index (χ1n) is 7.13. The minimum atomic E-state index is -1.28. The molecule has 0 spiro atoms. The summed E-state index contributed by atoms with van der Waals surface area (Å²) in [7, 11) is 0. The van der Waals surface area contributed by atoms with Crippen molar-refractivity contribution in [1.82, 2.24) is 9.47 Å². The number of amides is 2. The second kappa shape index (κ2) is 6.44. The molecule has 0 bridgehead atoms. The quantitative estimate of drug-likeness (QED) is 0.781. The van der Waals surface area contributed by atoms with Gasteiger partial charge in [-0.2, -0.15) is 0 Å². The van der Waals surface area contributed by atoms with Crippen molar-refractivity contribution >= 4 is 51.8 Å². The first kappa shape index (κ1) is 16.8. The van der Waals surface area contributed by atoms with Crippen molar-refractivity contribution in [3.05, 3.63) is 40.9 Å². The monoisotopic (exact) mass is 360 g/mol. The van der Waals surface area contributed by atoms with Gasteiger partial charge in [0.05, 0.1) is 4.91 Å². The van der Waals surface area contributed by atoms with Crippen molar-refractivity contribution in [2.45, 2.75) is 6.54 Å². The maximum absolute atomic E-state index is 12.2. The lowest BCUT2D eigenvalue weighted by molar-refractivity contribution is -0.140. The van der Waals surface area contributed by atoms with Crippen LogP contribution in [0.15, 0.2) is 35.4 Å². The number of hydrogen-bond acceptors (Lipinski definition) is 5. The number of carbonyl (C=O) groups excluding carboxylic acids is 2. The number of thioether (sulfide) groups is 1. The fourth-order valence-electron chi connectivity index (χ4n) is 2.58. The third-order valence-corrected chi connectivity index (χ3v) is 4.49. The fraction of sp³-hybridized carbons (Fsp3) is 0.125.